The van der Waals surface area contributed by atoms with Gasteiger partial charge in [0.2, 0.25) is 0 Å². The maximum atomic E-state index is 13.6. The molecular weight excluding hydrogens is 716 g/mol. The molecule has 1 aliphatic rings. The number of hydrogen-bond donors (Lipinski definition) is 0. The van der Waals surface area contributed by atoms with Gasteiger partial charge < -0.3 is 9.47 Å². The zero-order chi connectivity index (χ0) is 27.5. The van der Waals surface area contributed by atoms with Crippen LogP contribution in [0.2, 0.25) is 10.0 Å². The predicted octanol–water partition coefficient (Wildman–Crippen LogP) is 8.59. The third kappa shape index (κ3) is 6.45. The van der Waals surface area contributed by atoms with E-state index in [1.165, 1.54) is 11.1 Å². The van der Waals surface area contributed by atoms with Crippen molar-refractivity contribution in [2.24, 2.45) is 5.10 Å². The zero-order valence-corrected chi connectivity index (χ0v) is 26.3. The van der Waals surface area contributed by atoms with Gasteiger partial charge in [0.1, 0.15) is 12.4 Å². The number of nitrogens with zero attached hydrogens (tertiary/aromatic N) is 3. The Labute approximate surface area is 258 Å². The first kappa shape index (κ1) is 28.4. The minimum Gasteiger partial charge on any atom is -0.493 e. The second kappa shape index (κ2) is 12.6. The Morgan fingerprint density at radius 3 is 2.64 bits per heavy atom. The number of fused-ring (bicyclic) bond motifs is 1. The summed E-state index contributed by atoms with van der Waals surface area (Å²) in [6.07, 6.45) is 7.14. The number of ether oxygens (including phenoxy) is 2. The highest BCUT2D eigenvalue weighted by Crippen LogP contribution is 2.35. The summed E-state index contributed by atoms with van der Waals surface area (Å²) in [5.41, 5.74) is 2.17. The summed E-state index contributed by atoms with van der Waals surface area (Å²) in [5.74, 6) is 2.08. The number of hydrogen-bond acceptors (Lipinski definition) is 5. The fourth-order valence-corrected chi connectivity index (χ4v) is 6.23. The molecule has 0 bridgehead atoms. The number of benzene rings is 3. The van der Waals surface area contributed by atoms with Gasteiger partial charge in [0.25, 0.3) is 5.56 Å². The highest BCUT2D eigenvalue weighted by molar-refractivity contribution is 14.1. The molecular formula is C29H25BrCl2IN3O3. The maximum absolute atomic E-state index is 13.6. The largest absolute Gasteiger partial charge is 0.493 e. The Morgan fingerprint density at radius 2 is 1.90 bits per heavy atom. The minimum atomic E-state index is -0.179. The Bertz CT molecular complexity index is 1620. The first-order valence-electron chi connectivity index (χ1n) is 12.5. The number of rotatable bonds is 7. The van der Waals surface area contributed by atoms with Gasteiger partial charge >= 0.3 is 0 Å². The summed E-state index contributed by atoms with van der Waals surface area (Å²) in [7, 11) is 1.59. The van der Waals surface area contributed by atoms with Crippen LogP contribution in [0.4, 0.5) is 0 Å². The van der Waals surface area contributed by atoms with Crippen LogP contribution in [-0.4, -0.2) is 23.0 Å². The van der Waals surface area contributed by atoms with Gasteiger partial charge in [0, 0.05) is 10.4 Å². The van der Waals surface area contributed by atoms with Crippen molar-refractivity contribution in [1.29, 1.82) is 0 Å². The molecule has 6 nitrogen and oxygen atoms in total. The monoisotopic (exact) mass is 739 g/mol. The van der Waals surface area contributed by atoms with E-state index < -0.39 is 0 Å². The molecule has 1 aromatic heterocycles. The Kier molecular flexibility index (Phi) is 9.16. The van der Waals surface area contributed by atoms with E-state index in [1.54, 1.807) is 31.5 Å². The number of methoxy groups -OCH3 is 1. The van der Waals surface area contributed by atoms with Gasteiger partial charge in [0.15, 0.2) is 11.5 Å². The van der Waals surface area contributed by atoms with Crippen molar-refractivity contribution in [3.05, 3.63) is 93.9 Å². The van der Waals surface area contributed by atoms with Crippen molar-refractivity contribution < 1.29 is 9.47 Å². The van der Waals surface area contributed by atoms with Crippen molar-refractivity contribution in [2.45, 2.75) is 44.6 Å². The van der Waals surface area contributed by atoms with E-state index in [0.717, 1.165) is 44.9 Å². The van der Waals surface area contributed by atoms with Crippen LogP contribution in [0.15, 0.2) is 62.9 Å². The van der Waals surface area contributed by atoms with E-state index in [-0.39, 0.29) is 11.5 Å². The molecule has 0 radical (unpaired) electrons. The average Bonchev–Trinajstić information content (AvgIpc) is 2.94. The Morgan fingerprint density at radius 1 is 1.10 bits per heavy atom. The highest BCUT2D eigenvalue weighted by atomic mass is 127. The van der Waals surface area contributed by atoms with E-state index in [1.807, 2.05) is 30.3 Å². The van der Waals surface area contributed by atoms with E-state index in [2.05, 4.69) is 43.6 Å². The Hall–Kier alpha value is -2.14. The summed E-state index contributed by atoms with van der Waals surface area (Å²) < 4.78 is 14.9. The molecule has 0 spiro atoms. The molecule has 0 atom stereocenters. The smallest absolute Gasteiger partial charge is 0.282 e. The lowest BCUT2D eigenvalue weighted by Crippen LogP contribution is -2.25. The Balaban J connectivity index is 1.48. The maximum Gasteiger partial charge on any atom is 0.282 e. The van der Waals surface area contributed by atoms with Crippen LogP contribution in [0.3, 0.4) is 0 Å². The van der Waals surface area contributed by atoms with Crippen molar-refractivity contribution >= 4 is 78.8 Å². The van der Waals surface area contributed by atoms with Gasteiger partial charge in [-0.2, -0.15) is 9.78 Å². The molecule has 0 unspecified atom stereocenters. The summed E-state index contributed by atoms with van der Waals surface area (Å²) >= 11 is 17.9. The van der Waals surface area contributed by atoms with Crippen molar-refractivity contribution in [2.75, 3.05) is 7.11 Å². The van der Waals surface area contributed by atoms with Gasteiger partial charge in [0.05, 0.1) is 37.8 Å². The molecule has 1 saturated carbocycles. The van der Waals surface area contributed by atoms with Crippen LogP contribution in [0, 0.1) is 3.57 Å². The molecule has 4 aromatic rings. The van der Waals surface area contributed by atoms with Crippen LogP contribution in [0.5, 0.6) is 11.5 Å². The third-order valence-electron chi connectivity index (χ3n) is 6.74. The lowest BCUT2D eigenvalue weighted by Gasteiger charge is -2.22. The standard InChI is InChI=1S/C29H25BrCl2IN3O3/c1-38-26-13-18(12-24(33)27(26)39-16-17-7-9-22(31)23(32)11-17)15-34-36-28(19-5-3-2-4-6-19)35-25-10-8-20(30)14-21(25)29(36)37/h7-15,19H,2-6,16H2,1H3. The highest BCUT2D eigenvalue weighted by Gasteiger charge is 2.22. The van der Waals surface area contributed by atoms with E-state index >= 15 is 0 Å². The molecule has 39 heavy (non-hydrogen) atoms. The summed E-state index contributed by atoms with van der Waals surface area (Å²) in [4.78, 5) is 18.5. The molecule has 10 heteroatoms. The molecule has 0 aliphatic heterocycles. The summed E-state index contributed by atoms with van der Waals surface area (Å²) in [6, 6.07) is 14.8. The second-order valence-electron chi connectivity index (χ2n) is 9.40. The second-order valence-corrected chi connectivity index (χ2v) is 12.3. The van der Waals surface area contributed by atoms with E-state index in [9.17, 15) is 4.79 Å². The van der Waals surface area contributed by atoms with Gasteiger partial charge in [-0.25, -0.2) is 4.98 Å². The summed E-state index contributed by atoms with van der Waals surface area (Å²) in [5, 5.41) is 6.16. The first-order chi connectivity index (χ1) is 18.8. The average molecular weight is 741 g/mol. The van der Waals surface area contributed by atoms with Crippen LogP contribution < -0.4 is 15.0 Å². The lowest BCUT2D eigenvalue weighted by molar-refractivity contribution is 0.282. The van der Waals surface area contributed by atoms with E-state index in [4.69, 9.17) is 37.7 Å². The third-order valence-corrected chi connectivity index (χ3v) is 8.78. The molecule has 1 heterocycles. The van der Waals surface area contributed by atoms with Crippen LogP contribution >= 0.6 is 61.7 Å². The molecule has 0 amide bonds. The lowest BCUT2D eigenvalue weighted by atomic mass is 9.88. The molecule has 3 aromatic carbocycles. The van der Waals surface area contributed by atoms with Gasteiger partial charge in [-0.1, -0.05) is 64.5 Å². The minimum absolute atomic E-state index is 0.179. The van der Waals surface area contributed by atoms with Crippen molar-refractivity contribution in [1.82, 2.24) is 9.66 Å². The molecule has 202 valence electrons. The molecule has 0 saturated heterocycles. The first-order valence-corrected chi connectivity index (χ1v) is 15.2. The molecule has 5 rings (SSSR count). The van der Waals surface area contributed by atoms with Crippen molar-refractivity contribution in [3.63, 3.8) is 0 Å². The predicted molar refractivity (Wildman–Crippen MR) is 169 cm³/mol. The quantitative estimate of drug-likeness (QED) is 0.141. The summed E-state index contributed by atoms with van der Waals surface area (Å²) in [6.45, 7) is 0.301. The number of halogens is 4. The van der Waals surface area contributed by atoms with Crippen LogP contribution in [0.25, 0.3) is 10.9 Å². The van der Waals surface area contributed by atoms with Gasteiger partial charge in [-0.05, 0) is 89.0 Å². The normalized spacial score (nSPS) is 14.3. The van der Waals surface area contributed by atoms with Gasteiger partial charge in [-0.3, -0.25) is 4.79 Å². The van der Waals surface area contributed by atoms with Gasteiger partial charge in [-0.15, -0.1) is 0 Å². The zero-order valence-electron chi connectivity index (χ0n) is 21.1. The van der Waals surface area contributed by atoms with E-state index in [0.29, 0.717) is 44.9 Å². The topological polar surface area (TPSA) is 65.7 Å². The molecule has 1 aliphatic carbocycles. The number of aromatic nitrogens is 2. The van der Waals surface area contributed by atoms with Crippen LogP contribution in [-0.2, 0) is 6.61 Å². The fourth-order valence-electron chi connectivity index (χ4n) is 4.77. The molecule has 1 fully saturated rings. The fraction of sp³-hybridized carbons (Fsp3) is 0.276. The molecule has 0 N–H and O–H groups in total. The SMILES string of the molecule is COc1cc(C=Nn2c(C3CCCCC3)nc3ccc(Br)cc3c2=O)cc(I)c1OCc1ccc(Cl)c(Cl)c1. The van der Waals surface area contributed by atoms with Crippen LogP contribution in [0.1, 0.15) is 55.0 Å². The van der Waals surface area contributed by atoms with Crippen molar-refractivity contribution in [3.8, 4) is 11.5 Å².